The van der Waals surface area contributed by atoms with Crippen LogP contribution in [0.3, 0.4) is 0 Å². The van der Waals surface area contributed by atoms with E-state index in [2.05, 4.69) is 0 Å². The Morgan fingerprint density at radius 2 is 1.90 bits per heavy atom. The first-order valence-corrected chi connectivity index (χ1v) is 7.46. The van der Waals surface area contributed by atoms with Crippen LogP contribution in [0.1, 0.15) is 25.3 Å². The van der Waals surface area contributed by atoms with Crippen LogP contribution in [0.4, 0.5) is 0 Å². The van der Waals surface area contributed by atoms with Gasteiger partial charge in [-0.1, -0.05) is 30.3 Å². The quantitative estimate of drug-likeness (QED) is 0.853. The summed E-state index contributed by atoms with van der Waals surface area (Å²) in [6, 6.07) is 9.76. The van der Waals surface area contributed by atoms with Gasteiger partial charge in [0.2, 0.25) is 11.8 Å². The minimum atomic E-state index is -0.450. The largest absolute Gasteiger partial charge is 0.348 e. The topological polar surface area (TPSA) is 40.6 Å². The van der Waals surface area contributed by atoms with Crippen LogP contribution < -0.4 is 0 Å². The minimum absolute atomic E-state index is 0.110. The molecule has 1 aliphatic heterocycles. The summed E-state index contributed by atoms with van der Waals surface area (Å²) in [7, 11) is 3.55. The normalized spacial score (nSPS) is 22.0. The van der Waals surface area contributed by atoms with Gasteiger partial charge >= 0.3 is 0 Å². The zero-order chi connectivity index (χ0) is 15.5. The van der Waals surface area contributed by atoms with Gasteiger partial charge in [-0.25, -0.2) is 0 Å². The summed E-state index contributed by atoms with van der Waals surface area (Å²) in [5.41, 5.74) is 0.572. The molecule has 2 rings (SSSR count). The van der Waals surface area contributed by atoms with E-state index >= 15 is 0 Å². The number of amides is 2. The predicted molar refractivity (Wildman–Crippen MR) is 82.8 cm³/mol. The molecule has 1 atom stereocenters. The van der Waals surface area contributed by atoms with Gasteiger partial charge in [0.25, 0.3) is 0 Å². The minimum Gasteiger partial charge on any atom is -0.348 e. The molecule has 1 aromatic rings. The average molecular weight is 288 g/mol. The van der Waals surface area contributed by atoms with E-state index in [-0.39, 0.29) is 11.8 Å². The Morgan fingerprint density at radius 3 is 2.52 bits per heavy atom. The van der Waals surface area contributed by atoms with Crippen LogP contribution in [0.15, 0.2) is 30.3 Å². The SMILES string of the molecule is CN(C)C(=O)C1(C)CCCN(C(=O)Cc2ccccc2)C1. The summed E-state index contributed by atoms with van der Waals surface area (Å²) in [4.78, 5) is 28.3. The third kappa shape index (κ3) is 3.63. The third-order valence-electron chi connectivity index (χ3n) is 4.17. The van der Waals surface area contributed by atoms with Crippen molar-refractivity contribution in [3.05, 3.63) is 35.9 Å². The molecular formula is C17H24N2O2. The molecule has 1 heterocycles. The number of rotatable bonds is 3. The van der Waals surface area contributed by atoms with E-state index in [1.807, 2.05) is 42.2 Å². The van der Waals surface area contributed by atoms with Gasteiger partial charge in [0.1, 0.15) is 0 Å². The van der Waals surface area contributed by atoms with Crippen molar-refractivity contribution >= 4 is 11.8 Å². The molecule has 2 amide bonds. The van der Waals surface area contributed by atoms with E-state index in [1.54, 1.807) is 19.0 Å². The van der Waals surface area contributed by atoms with Crippen LogP contribution in [-0.4, -0.2) is 48.8 Å². The summed E-state index contributed by atoms with van der Waals surface area (Å²) >= 11 is 0. The Hall–Kier alpha value is -1.84. The van der Waals surface area contributed by atoms with Crippen molar-refractivity contribution in [1.29, 1.82) is 0 Å². The molecule has 1 aliphatic rings. The average Bonchev–Trinajstić information content (AvgIpc) is 2.47. The van der Waals surface area contributed by atoms with Crippen LogP contribution in [0.2, 0.25) is 0 Å². The Bertz CT molecular complexity index is 513. The second-order valence-electron chi connectivity index (χ2n) is 6.34. The lowest BCUT2D eigenvalue weighted by atomic mass is 9.80. The zero-order valence-corrected chi connectivity index (χ0v) is 13.1. The van der Waals surface area contributed by atoms with Gasteiger partial charge in [-0.2, -0.15) is 0 Å². The number of carbonyl (C=O) groups excluding carboxylic acids is 2. The van der Waals surface area contributed by atoms with E-state index in [4.69, 9.17) is 0 Å². The van der Waals surface area contributed by atoms with Gasteiger partial charge in [0.15, 0.2) is 0 Å². The Kier molecular flexibility index (Phi) is 4.66. The molecule has 4 nitrogen and oxygen atoms in total. The maximum Gasteiger partial charge on any atom is 0.229 e. The lowest BCUT2D eigenvalue weighted by Crippen LogP contribution is -2.51. The molecule has 21 heavy (non-hydrogen) atoms. The Balaban J connectivity index is 2.04. The fourth-order valence-corrected chi connectivity index (χ4v) is 3.05. The number of benzene rings is 1. The molecule has 1 aromatic carbocycles. The summed E-state index contributed by atoms with van der Waals surface area (Å²) in [5.74, 6) is 0.221. The Morgan fingerprint density at radius 1 is 1.24 bits per heavy atom. The molecule has 0 aliphatic carbocycles. The van der Waals surface area contributed by atoms with Gasteiger partial charge in [0.05, 0.1) is 11.8 Å². The molecule has 0 bridgehead atoms. The van der Waals surface area contributed by atoms with Crippen LogP contribution in [-0.2, 0) is 16.0 Å². The van der Waals surface area contributed by atoms with Crippen molar-refractivity contribution in [1.82, 2.24) is 9.80 Å². The number of carbonyl (C=O) groups is 2. The first-order valence-electron chi connectivity index (χ1n) is 7.46. The molecule has 0 radical (unpaired) electrons. The van der Waals surface area contributed by atoms with Crippen LogP contribution in [0, 0.1) is 5.41 Å². The molecule has 1 fully saturated rings. The molecular weight excluding hydrogens is 264 g/mol. The second kappa shape index (κ2) is 6.29. The zero-order valence-electron chi connectivity index (χ0n) is 13.1. The number of nitrogens with zero attached hydrogens (tertiary/aromatic N) is 2. The summed E-state index contributed by atoms with van der Waals surface area (Å²) in [5, 5.41) is 0. The highest BCUT2D eigenvalue weighted by molar-refractivity contribution is 5.84. The van der Waals surface area contributed by atoms with Crippen LogP contribution >= 0.6 is 0 Å². The van der Waals surface area contributed by atoms with Crippen molar-refractivity contribution in [2.75, 3.05) is 27.2 Å². The van der Waals surface area contributed by atoms with Gasteiger partial charge in [-0.3, -0.25) is 9.59 Å². The highest BCUT2D eigenvalue weighted by Crippen LogP contribution is 2.31. The number of piperidine rings is 1. The fraction of sp³-hybridized carbons (Fsp3) is 0.529. The lowest BCUT2D eigenvalue weighted by molar-refractivity contribution is -0.145. The smallest absolute Gasteiger partial charge is 0.229 e. The summed E-state index contributed by atoms with van der Waals surface area (Å²) in [6.07, 6.45) is 2.14. The van der Waals surface area contributed by atoms with Crippen molar-refractivity contribution in [3.63, 3.8) is 0 Å². The predicted octanol–water partition coefficient (Wildman–Crippen LogP) is 1.95. The molecule has 0 aromatic heterocycles. The van der Waals surface area contributed by atoms with Crippen LogP contribution in [0.25, 0.3) is 0 Å². The first-order chi connectivity index (χ1) is 9.92. The first kappa shape index (κ1) is 15.5. The van der Waals surface area contributed by atoms with Crippen molar-refractivity contribution in [3.8, 4) is 0 Å². The molecule has 4 heteroatoms. The van der Waals surface area contributed by atoms with Gasteiger partial charge < -0.3 is 9.80 Å². The molecule has 0 saturated carbocycles. The van der Waals surface area contributed by atoms with E-state index in [9.17, 15) is 9.59 Å². The molecule has 0 N–H and O–H groups in total. The third-order valence-corrected chi connectivity index (χ3v) is 4.17. The number of hydrogen-bond acceptors (Lipinski definition) is 2. The number of likely N-dealkylation sites (tertiary alicyclic amines) is 1. The van der Waals surface area contributed by atoms with E-state index in [0.717, 1.165) is 24.9 Å². The van der Waals surface area contributed by atoms with Gasteiger partial charge in [0, 0.05) is 27.2 Å². The van der Waals surface area contributed by atoms with Crippen LogP contribution in [0.5, 0.6) is 0 Å². The maximum atomic E-state index is 12.4. The van der Waals surface area contributed by atoms with E-state index in [0.29, 0.717) is 13.0 Å². The fourth-order valence-electron chi connectivity index (χ4n) is 3.05. The Labute approximate surface area is 126 Å². The van der Waals surface area contributed by atoms with E-state index in [1.165, 1.54) is 0 Å². The lowest BCUT2D eigenvalue weighted by Gasteiger charge is -2.40. The van der Waals surface area contributed by atoms with Gasteiger partial charge in [-0.05, 0) is 25.3 Å². The molecule has 1 unspecified atom stereocenters. The second-order valence-corrected chi connectivity index (χ2v) is 6.34. The van der Waals surface area contributed by atoms with Crippen molar-refractivity contribution in [2.24, 2.45) is 5.41 Å². The number of hydrogen-bond donors (Lipinski definition) is 0. The highest BCUT2D eigenvalue weighted by Gasteiger charge is 2.39. The monoisotopic (exact) mass is 288 g/mol. The summed E-state index contributed by atoms with van der Waals surface area (Å²) < 4.78 is 0. The summed E-state index contributed by atoms with van der Waals surface area (Å²) in [6.45, 7) is 3.24. The van der Waals surface area contributed by atoms with E-state index < -0.39 is 5.41 Å². The maximum absolute atomic E-state index is 12.4. The highest BCUT2D eigenvalue weighted by atomic mass is 16.2. The molecule has 114 valence electrons. The standard InChI is InChI=1S/C17H24N2O2/c1-17(16(21)18(2)3)10-7-11-19(13-17)15(20)12-14-8-5-4-6-9-14/h4-6,8-9H,7,10-13H2,1-3H3. The molecule has 1 saturated heterocycles. The van der Waals surface area contributed by atoms with Crippen molar-refractivity contribution < 1.29 is 9.59 Å². The molecule has 0 spiro atoms. The van der Waals surface area contributed by atoms with Crippen molar-refractivity contribution in [2.45, 2.75) is 26.2 Å². The van der Waals surface area contributed by atoms with Gasteiger partial charge in [-0.15, -0.1) is 0 Å².